The molecule has 0 aliphatic heterocycles. The molecule has 0 saturated carbocycles. The van der Waals surface area contributed by atoms with E-state index in [0.29, 0.717) is 10.3 Å². The highest BCUT2D eigenvalue weighted by Crippen LogP contribution is 2.61. The van der Waals surface area contributed by atoms with Gasteiger partial charge in [0.2, 0.25) is 0 Å². The van der Waals surface area contributed by atoms with Crippen LogP contribution in [0.15, 0.2) is 30.3 Å². The van der Waals surface area contributed by atoms with Gasteiger partial charge in [0, 0.05) is 0 Å². The van der Waals surface area contributed by atoms with E-state index < -0.39 is 0 Å². The van der Waals surface area contributed by atoms with Crippen LogP contribution in [0, 0.1) is 0 Å². The van der Waals surface area contributed by atoms with Crippen LogP contribution in [-0.4, -0.2) is 10.3 Å². The molecular weight excluding hydrogens is 247 g/mol. The molecule has 0 aliphatic carbocycles. The molecule has 0 fully saturated rings. The van der Waals surface area contributed by atoms with Crippen molar-refractivity contribution in [2.75, 3.05) is 0 Å². The molecule has 0 saturated heterocycles. The Labute approximate surface area is 121 Å². The maximum Gasteiger partial charge on any atom is -0.0106 e. The smallest absolute Gasteiger partial charge is 0.0106 e. The van der Waals surface area contributed by atoms with E-state index in [9.17, 15) is 0 Å². The Bertz CT molecular complexity index is 347. The largest absolute Gasteiger partial charge is 0.0653 e. The molecule has 0 spiro atoms. The van der Waals surface area contributed by atoms with Gasteiger partial charge in [-0.25, -0.2) is 0 Å². The zero-order valence-corrected chi connectivity index (χ0v) is 14.6. The van der Waals surface area contributed by atoms with Crippen molar-refractivity contribution in [2.45, 2.75) is 77.5 Å². The van der Waals surface area contributed by atoms with E-state index in [0.717, 1.165) is 0 Å². The standard InChI is InChI=1S/C18H31P/c1-7-14-17(3,4)19(18(5,6)15-8-2)16-12-10-9-11-13-16/h9-13H,7-8,14-15H2,1-6H3. The van der Waals surface area contributed by atoms with Gasteiger partial charge in [-0.2, -0.15) is 0 Å². The van der Waals surface area contributed by atoms with Crippen molar-refractivity contribution in [1.82, 2.24) is 0 Å². The molecule has 0 nitrogen and oxygen atoms in total. The highest BCUT2D eigenvalue weighted by Gasteiger charge is 2.39. The number of hydrogen-bond acceptors (Lipinski definition) is 0. The fraction of sp³-hybridized carbons (Fsp3) is 0.667. The van der Waals surface area contributed by atoms with Gasteiger partial charge in [0.05, 0.1) is 0 Å². The lowest BCUT2D eigenvalue weighted by molar-refractivity contribution is 0.563. The summed E-state index contributed by atoms with van der Waals surface area (Å²) in [7, 11) is -0.154. The van der Waals surface area contributed by atoms with Crippen molar-refractivity contribution >= 4 is 13.2 Å². The number of hydrogen-bond donors (Lipinski definition) is 0. The highest BCUT2D eigenvalue weighted by molar-refractivity contribution is 7.68. The monoisotopic (exact) mass is 278 g/mol. The molecule has 0 aliphatic rings. The summed E-state index contributed by atoms with van der Waals surface area (Å²) in [6, 6.07) is 11.2. The summed E-state index contributed by atoms with van der Waals surface area (Å²) in [5, 5.41) is 2.42. The van der Waals surface area contributed by atoms with E-state index in [-0.39, 0.29) is 7.92 Å². The topological polar surface area (TPSA) is 0 Å². The number of rotatable bonds is 7. The van der Waals surface area contributed by atoms with Crippen molar-refractivity contribution in [2.24, 2.45) is 0 Å². The van der Waals surface area contributed by atoms with Crippen LogP contribution in [0.3, 0.4) is 0 Å². The summed E-state index contributed by atoms with van der Waals surface area (Å²) in [4.78, 5) is 0. The molecule has 108 valence electrons. The predicted molar refractivity (Wildman–Crippen MR) is 91.0 cm³/mol. The van der Waals surface area contributed by atoms with E-state index in [1.54, 1.807) is 5.30 Å². The summed E-state index contributed by atoms with van der Waals surface area (Å²) in [5.74, 6) is 0. The zero-order chi connectivity index (χ0) is 14.5. The van der Waals surface area contributed by atoms with Crippen molar-refractivity contribution in [3.05, 3.63) is 30.3 Å². The summed E-state index contributed by atoms with van der Waals surface area (Å²) in [5.41, 5.74) is 0. The second-order valence-corrected chi connectivity index (χ2v) is 10.4. The Morgan fingerprint density at radius 3 is 1.58 bits per heavy atom. The van der Waals surface area contributed by atoms with Gasteiger partial charge in [0.25, 0.3) is 0 Å². The van der Waals surface area contributed by atoms with Crippen LogP contribution in [0.25, 0.3) is 0 Å². The Balaban J connectivity index is 3.19. The lowest BCUT2D eigenvalue weighted by Crippen LogP contribution is -2.35. The summed E-state index contributed by atoms with van der Waals surface area (Å²) in [6.07, 6.45) is 5.20. The first-order chi connectivity index (χ1) is 8.85. The second kappa shape index (κ2) is 6.89. The summed E-state index contributed by atoms with van der Waals surface area (Å²) < 4.78 is 0. The lowest BCUT2D eigenvalue weighted by atomic mass is 10.1. The molecule has 0 bridgehead atoms. The first-order valence-electron chi connectivity index (χ1n) is 7.70. The Morgan fingerprint density at radius 1 is 0.789 bits per heavy atom. The van der Waals surface area contributed by atoms with E-state index in [1.165, 1.54) is 25.7 Å². The van der Waals surface area contributed by atoms with Gasteiger partial charge in [-0.05, 0) is 28.5 Å². The van der Waals surface area contributed by atoms with Crippen molar-refractivity contribution < 1.29 is 0 Å². The van der Waals surface area contributed by atoms with E-state index >= 15 is 0 Å². The van der Waals surface area contributed by atoms with Gasteiger partial charge in [-0.15, -0.1) is 0 Å². The summed E-state index contributed by atoms with van der Waals surface area (Å²) >= 11 is 0. The average Bonchev–Trinajstić information content (AvgIpc) is 2.29. The van der Waals surface area contributed by atoms with Crippen LogP contribution in [0.1, 0.15) is 67.2 Å². The second-order valence-electron chi connectivity index (χ2n) is 6.80. The first-order valence-corrected chi connectivity index (χ1v) is 9.04. The fourth-order valence-corrected chi connectivity index (χ4v) is 7.94. The van der Waals surface area contributed by atoms with E-state index in [2.05, 4.69) is 71.9 Å². The molecule has 0 amide bonds. The van der Waals surface area contributed by atoms with Crippen LogP contribution >= 0.6 is 7.92 Å². The van der Waals surface area contributed by atoms with Gasteiger partial charge in [0.1, 0.15) is 0 Å². The lowest BCUT2D eigenvalue weighted by Gasteiger charge is -2.46. The van der Waals surface area contributed by atoms with Crippen molar-refractivity contribution in [3.63, 3.8) is 0 Å². The Hall–Kier alpha value is -0.350. The Morgan fingerprint density at radius 2 is 1.21 bits per heavy atom. The molecule has 0 unspecified atom stereocenters. The van der Waals surface area contributed by atoms with Crippen LogP contribution in [0.5, 0.6) is 0 Å². The molecule has 0 N–H and O–H groups in total. The Kier molecular flexibility index (Phi) is 6.06. The molecule has 1 heteroatoms. The van der Waals surface area contributed by atoms with Crippen LogP contribution in [0.4, 0.5) is 0 Å². The van der Waals surface area contributed by atoms with Gasteiger partial charge < -0.3 is 0 Å². The highest BCUT2D eigenvalue weighted by atomic mass is 31.1. The van der Waals surface area contributed by atoms with E-state index in [4.69, 9.17) is 0 Å². The molecule has 19 heavy (non-hydrogen) atoms. The van der Waals surface area contributed by atoms with Crippen LogP contribution < -0.4 is 5.30 Å². The van der Waals surface area contributed by atoms with Gasteiger partial charge in [0.15, 0.2) is 0 Å². The third kappa shape index (κ3) is 4.32. The SMILES string of the molecule is CCCC(C)(C)P(c1ccccc1)C(C)(C)CCC. The normalized spacial score (nSPS) is 13.0. The van der Waals surface area contributed by atoms with Crippen molar-refractivity contribution in [1.29, 1.82) is 0 Å². The molecule has 1 rings (SSSR count). The van der Waals surface area contributed by atoms with Crippen LogP contribution in [-0.2, 0) is 0 Å². The quantitative estimate of drug-likeness (QED) is 0.540. The molecule has 0 aromatic heterocycles. The average molecular weight is 278 g/mol. The third-order valence-electron chi connectivity index (χ3n) is 3.95. The minimum Gasteiger partial charge on any atom is -0.0653 e. The fourth-order valence-electron chi connectivity index (χ4n) is 3.54. The molecule has 0 heterocycles. The molecule has 1 aromatic carbocycles. The number of benzene rings is 1. The maximum absolute atomic E-state index is 2.48. The van der Waals surface area contributed by atoms with Gasteiger partial charge >= 0.3 is 0 Å². The van der Waals surface area contributed by atoms with Gasteiger partial charge in [-0.3, -0.25) is 0 Å². The minimum absolute atomic E-state index is 0.154. The minimum atomic E-state index is -0.154. The molecule has 1 aromatic rings. The summed E-state index contributed by atoms with van der Waals surface area (Å²) in [6.45, 7) is 14.5. The molecule has 0 atom stereocenters. The maximum atomic E-state index is 2.48. The van der Waals surface area contributed by atoms with Gasteiger partial charge in [-0.1, -0.05) is 92.6 Å². The predicted octanol–water partition coefficient (Wildman–Crippen LogP) is 5.95. The van der Waals surface area contributed by atoms with E-state index in [1.807, 2.05) is 0 Å². The molecular formula is C18H31P. The third-order valence-corrected chi connectivity index (χ3v) is 7.63. The van der Waals surface area contributed by atoms with Crippen molar-refractivity contribution in [3.8, 4) is 0 Å². The van der Waals surface area contributed by atoms with Crippen LogP contribution in [0.2, 0.25) is 0 Å². The zero-order valence-electron chi connectivity index (χ0n) is 13.7. The first kappa shape index (κ1) is 16.7. The molecule has 0 radical (unpaired) electrons.